The molecular formula is C16H8Cl2F3N3O2. The molecule has 0 fully saturated rings. The quantitative estimate of drug-likeness (QED) is 0.679. The van der Waals surface area contributed by atoms with Crippen molar-refractivity contribution >= 4 is 45.7 Å². The van der Waals surface area contributed by atoms with E-state index in [1.54, 1.807) is 0 Å². The zero-order valence-corrected chi connectivity index (χ0v) is 14.2. The number of carbonyl (C=O) groups excluding carboxylic acids is 1. The number of hydrogen-bond donors (Lipinski definition) is 1. The Kier molecular flexibility index (Phi) is 4.88. The van der Waals surface area contributed by atoms with Crippen LogP contribution in [0.3, 0.4) is 0 Å². The molecule has 0 bridgehead atoms. The third-order valence-corrected chi connectivity index (χ3v) is 3.98. The highest BCUT2D eigenvalue weighted by molar-refractivity contribution is 6.38. The fourth-order valence-electron chi connectivity index (χ4n) is 2.27. The normalized spacial score (nSPS) is 11.0. The summed E-state index contributed by atoms with van der Waals surface area (Å²) < 4.78 is 40.6. The van der Waals surface area contributed by atoms with Gasteiger partial charge in [0.1, 0.15) is 6.54 Å². The Morgan fingerprint density at radius 2 is 1.88 bits per heavy atom. The number of carbonyl (C=O) groups is 1. The van der Waals surface area contributed by atoms with Crippen molar-refractivity contribution in [3.63, 3.8) is 0 Å². The smallest absolute Gasteiger partial charge is 0.261 e. The van der Waals surface area contributed by atoms with Crippen LogP contribution in [-0.2, 0) is 11.3 Å². The molecule has 2 aromatic carbocycles. The number of nitrogens with one attached hydrogen (secondary N) is 1. The minimum absolute atomic E-state index is 0.0943. The van der Waals surface area contributed by atoms with E-state index in [2.05, 4.69) is 10.3 Å². The number of hydrogen-bond acceptors (Lipinski definition) is 3. The zero-order valence-electron chi connectivity index (χ0n) is 12.7. The molecular weight excluding hydrogens is 394 g/mol. The molecule has 26 heavy (non-hydrogen) atoms. The highest BCUT2D eigenvalue weighted by Crippen LogP contribution is 2.24. The Bertz CT molecular complexity index is 1100. The van der Waals surface area contributed by atoms with Crippen molar-refractivity contribution in [2.24, 2.45) is 0 Å². The fourth-order valence-corrected chi connectivity index (χ4v) is 2.82. The van der Waals surface area contributed by atoms with Crippen LogP contribution >= 0.6 is 23.2 Å². The Balaban J connectivity index is 1.90. The van der Waals surface area contributed by atoms with Crippen molar-refractivity contribution in [1.82, 2.24) is 9.55 Å². The average Bonchev–Trinajstić information content (AvgIpc) is 2.58. The summed E-state index contributed by atoms with van der Waals surface area (Å²) in [6.45, 7) is -0.537. The van der Waals surface area contributed by atoms with E-state index in [4.69, 9.17) is 23.2 Å². The molecule has 0 spiro atoms. The summed E-state index contributed by atoms with van der Waals surface area (Å²) in [5.74, 6) is -5.48. The van der Waals surface area contributed by atoms with Crippen LogP contribution in [0.1, 0.15) is 0 Å². The van der Waals surface area contributed by atoms with E-state index in [0.29, 0.717) is 6.07 Å². The Hall–Kier alpha value is -2.58. The van der Waals surface area contributed by atoms with Gasteiger partial charge in [-0.05, 0) is 24.3 Å². The van der Waals surface area contributed by atoms with Gasteiger partial charge < -0.3 is 5.32 Å². The first-order valence-corrected chi connectivity index (χ1v) is 7.81. The molecule has 0 atom stereocenters. The molecule has 0 saturated heterocycles. The number of rotatable bonds is 3. The van der Waals surface area contributed by atoms with Gasteiger partial charge in [0.15, 0.2) is 17.5 Å². The molecule has 0 saturated carbocycles. The molecule has 5 nitrogen and oxygen atoms in total. The number of amides is 1. The predicted octanol–water partition coefficient (Wildman–Crippen LogP) is 3.76. The summed E-state index contributed by atoms with van der Waals surface area (Å²) >= 11 is 11.8. The summed E-state index contributed by atoms with van der Waals surface area (Å²) in [6, 6.07) is 4.30. The van der Waals surface area contributed by atoms with Gasteiger partial charge in [0.05, 0.1) is 27.9 Å². The van der Waals surface area contributed by atoms with E-state index in [1.165, 1.54) is 12.1 Å². The Morgan fingerprint density at radius 3 is 2.62 bits per heavy atom. The third kappa shape index (κ3) is 3.38. The monoisotopic (exact) mass is 401 g/mol. The Labute approximate surface area is 154 Å². The second-order valence-corrected chi connectivity index (χ2v) is 6.08. The maximum Gasteiger partial charge on any atom is 0.261 e. The fraction of sp³-hybridized carbons (Fsp3) is 0.0625. The molecule has 1 N–H and O–H groups in total. The van der Waals surface area contributed by atoms with E-state index in [-0.39, 0.29) is 20.9 Å². The topological polar surface area (TPSA) is 64.0 Å². The number of aromatic nitrogens is 2. The van der Waals surface area contributed by atoms with Crippen molar-refractivity contribution in [1.29, 1.82) is 0 Å². The highest BCUT2D eigenvalue weighted by atomic mass is 35.5. The molecule has 0 aliphatic heterocycles. The van der Waals surface area contributed by atoms with Gasteiger partial charge >= 0.3 is 0 Å². The molecule has 0 unspecified atom stereocenters. The lowest BCUT2D eigenvalue weighted by Crippen LogP contribution is -2.28. The maximum atomic E-state index is 13.6. The maximum absolute atomic E-state index is 13.6. The lowest BCUT2D eigenvalue weighted by atomic mass is 10.2. The summed E-state index contributed by atoms with van der Waals surface area (Å²) in [5.41, 5.74) is -0.938. The predicted molar refractivity (Wildman–Crippen MR) is 91.0 cm³/mol. The van der Waals surface area contributed by atoms with Gasteiger partial charge in [-0.2, -0.15) is 0 Å². The number of halogens is 5. The van der Waals surface area contributed by atoms with Crippen molar-refractivity contribution < 1.29 is 18.0 Å². The minimum atomic E-state index is -1.71. The number of benzene rings is 2. The molecule has 1 amide bonds. The number of fused-ring (bicyclic) bond motifs is 1. The molecule has 0 aliphatic rings. The van der Waals surface area contributed by atoms with Crippen molar-refractivity contribution in [2.45, 2.75) is 6.54 Å². The first-order valence-electron chi connectivity index (χ1n) is 7.05. The third-order valence-electron chi connectivity index (χ3n) is 3.47. The summed E-state index contributed by atoms with van der Waals surface area (Å²) in [4.78, 5) is 28.4. The summed E-state index contributed by atoms with van der Waals surface area (Å²) in [6.07, 6.45) is 1.09. The average molecular weight is 402 g/mol. The molecule has 0 aliphatic carbocycles. The zero-order chi connectivity index (χ0) is 19.0. The van der Waals surface area contributed by atoms with Crippen LogP contribution in [0.25, 0.3) is 10.9 Å². The van der Waals surface area contributed by atoms with Crippen molar-refractivity contribution in [3.05, 3.63) is 68.4 Å². The summed E-state index contributed by atoms with van der Waals surface area (Å²) in [5, 5.41) is 2.55. The van der Waals surface area contributed by atoms with Crippen LogP contribution in [0.5, 0.6) is 0 Å². The van der Waals surface area contributed by atoms with E-state index < -0.39 is 41.2 Å². The first kappa shape index (κ1) is 18.2. The van der Waals surface area contributed by atoms with E-state index in [1.807, 2.05) is 0 Å². The lowest BCUT2D eigenvalue weighted by molar-refractivity contribution is -0.116. The van der Waals surface area contributed by atoms with Crippen molar-refractivity contribution in [3.8, 4) is 0 Å². The van der Waals surface area contributed by atoms with Gasteiger partial charge in [0.2, 0.25) is 5.91 Å². The lowest BCUT2D eigenvalue weighted by Gasteiger charge is -2.10. The van der Waals surface area contributed by atoms with Crippen LogP contribution in [0.4, 0.5) is 18.9 Å². The van der Waals surface area contributed by atoms with Crippen LogP contribution in [-0.4, -0.2) is 15.5 Å². The Morgan fingerprint density at radius 1 is 1.15 bits per heavy atom. The number of nitrogens with zero attached hydrogens (tertiary/aromatic N) is 2. The molecule has 1 aromatic heterocycles. The minimum Gasteiger partial charge on any atom is -0.322 e. The van der Waals surface area contributed by atoms with Crippen molar-refractivity contribution in [2.75, 3.05) is 5.32 Å². The molecule has 134 valence electrons. The molecule has 1 heterocycles. The van der Waals surface area contributed by atoms with E-state index in [9.17, 15) is 22.8 Å². The van der Waals surface area contributed by atoms with Gasteiger partial charge in [0, 0.05) is 5.02 Å². The van der Waals surface area contributed by atoms with Gasteiger partial charge in [-0.3, -0.25) is 14.2 Å². The highest BCUT2D eigenvalue weighted by Gasteiger charge is 2.16. The second-order valence-electron chi connectivity index (χ2n) is 5.23. The largest absolute Gasteiger partial charge is 0.322 e. The van der Waals surface area contributed by atoms with Gasteiger partial charge in [0.25, 0.3) is 5.56 Å². The van der Waals surface area contributed by atoms with E-state index in [0.717, 1.165) is 17.0 Å². The van der Waals surface area contributed by atoms with Gasteiger partial charge in [-0.15, -0.1) is 0 Å². The summed E-state index contributed by atoms with van der Waals surface area (Å²) in [7, 11) is 0. The van der Waals surface area contributed by atoms with Crippen LogP contribution < -0.4 is 10.9 Å². The van der Waals surface area contributed by atoms with Gasteiger partial charge in [-0.1, -0.05) is 23.2 Å². The van der Waals surface area contributed by atoms with Crippen LogP contribution in [0, 0.1) is 17.5 Å². The molecule has 3 rings (SSSR count). The second kappa shape index (κ2) is 6.97. The molecule has 10 heteroatoms. The van der Waals surface area contributed by atoms with Gasteiger partial charge in [-0.25, -0.2) is 18.2 Å². The number of anilines is 1. The van der Waals surface area contributed by atoms with E-state index >= 15 is 0 Å². The van der Waals surface area contributed by atoms with Crippen LogP contribution in [0.2, 0.25) is 10.0 Å². The first-order chi connectivity index (χ1) is 12.3. The molecule has 0 radical (unpaired) electrons. The van der Waals surface area contributed by atoms with Crippen LogP contribution in [0.15, 0.2) is 35.4 Å². The molecule has 3 aromatic rings. The SMILES string of the molecule is O=C(Cn1cnc2c(Cl)cc(Cl)cc2c1=O)Nc1ccc(F)c(F)c1F. The standard InChI is InChI=1S/C16H8Cl2F3N3O2/c17-7-3-8-15(9(18)4-7)22-6-24(16(8)26)5-12(25)23-11-2-1-10(19)13(20)14(11)21/h1-4,6H,5H2,(H,23,25).